The van der Waals surface area contributed by atoms with Gasteiger partial charge < -0.3 is 9.47 Å². The standard InChI is InChI=1S/C45H34N2.C3H8/c1-45(2)41-19-11-9-17-37(41)39-29-40-38-18-10-12-20-43(38)47(44(40)30-42(39)45)36-27-23-32(24-28-36)31-21-25-35(26-22-31)46(33-13-5-3-6-14-33)34-15-7-4-8-16-34;1-3-2/h3-30H,1-2H3;3H2,1-2H3. The Morgan fingerprint density at radius 2 is 0.980 bits per heavy atom. The Labute approximate surface area is 295 Å². The molecule has 9 rings (SSSR count). The minimum absolute atomic E-state index is 0.0476. The summed E-state index contributed by atoms with van der Waals surface area (Å²) in [5, 5.41) is 2.58. The molecule has 0 unspecified atom stereocenters. The zero-order valence-corrected chi connectivity index (χ0v) is 29.3. The lowest BCUT2D eigenvalue weighted by Crippen LogP contribution is -2.14. The van der Waals surface area contributed by atoms with Gasteiger partial charge in [-0.3, -0.25) is 0 Å². The maximum absolute atomic E-state index is 2.45. The number of hydrogen-bond donors (Lipinski definition) is 0. The number of rotatable bonds is 5. The Hall–Kier alpha value is -5.86. The minimum Gasteiger partial charge on any atom is -0.311 e. The van der Waals surface area contributed by atoms with Crippen molar-refractivity contribution in [1.29, 1.82) is 0 Å². The molecule has 2 nitrogen and oxygen atoms in total. The summed E-state index contributed by atoms with van der Waals surface area (Å²) < 4.78 is 2.44. The van der Waals surface area contributed by atoms with Gasteiger partial charge in [0.05, 0.1) is 11.0 Å². The maximum atomic E-state index is 2.45. The Bertz CT molecular complexity index is 2380. The predicted molar refractivity (Wildman–Crippen MR) is 214 cm³/mol. The molecule has 0 bridgehead atoms. The minimum atomic E-state index is -0.0476. The molecule has 0 radical (unpaired) electrons. The van der Waals surface area contributed by atoms with Gasteiger partial charge in [-0.15, -0.1) is 0 Å². The number of anilines is 3. The van der Waals surface area contributed by atoms with Gasteiger partial charge in [0, 0.05) is 38.9 Å². The molecule has 0 saturated carbocycles. The molecule has 0 aliphatic heterocycles. The Kier molecular flexibility index (Phi) is 8.09. The van der Waals surface area contributed by atoms with E-state index in [9.17, 15) is 0 Å². The summed E-state index contributed by atoms with van der Waals surface area (Å²) in [7, 11) is 0. The third-order valence-electron chi connectivity index (χ3n) is 9.99. The highest BCUT2D eigenvalue weighted by atomic mass is 15.1. The van der Waals surface area contributed by atoms with Crippen LogP contribution in [0.4, 0.5) is 17.1 Å². The van der Waals surface area contributed by atoms with E-state index < -0.39 is 0 Å². The molecule has 50 heavy (non-hydrogen) atoms. The normalized spacial score (nSPS) is 12.6. The molecule has 244 valence electrons. The highest BCUT2D eigenvalue weighted by molar-refractivity contribution is 6.11. The fourth-order valence-corrected chi connectivity index (χ4v) is 7.65. The molecule has 8 aromatic rings. The largest absolute Gasteiger partial charge is 0.311 e. The smallest absolute Gasteiger partial charge is 0.0544 e. The van der Waals surface area contributed by atoms with Crippen LogP contribution >= 0.6 is 0 Å². The van der Waals surface area contributed by atoms with E-state index in [-0.39, 0.29) is 5.41 Å². The van der Waals surface area contributed by atoms with Gasteiger partial charge in [0.25, 0.3) is 0 Å². The van der Waals surface area contributed by atoms with Crippen molar-refractivity contribution in [1.82, 2.24) is 4.57 Å². The van der Waals surface area contributed by atoms with Crippen LogP contribution in [0.1, 0.15) is 45.2 Å². The monoisotopic (exact) mass is 646 g/mol. The molecule has 0 amide bonds. The molecule has 0 spiro atoms. The van der Waals surface area contributed by atoms with Crippen LogP contribution < -0.4 is 4.90 Å². The van der Waals surface area contributed by atoms with Crippen LogP contribution in [0.2, 0.25) is 0 Å². The van der Waals surface area contributed by atoms with Crippen LogP contribution in [0.15, 0.2) is 170 Å². The van der Waals surface area contributed by atoms with E-state index in [1.54, 1.807) is 0 Å². The van der Waals surface area contributed by atoms with Gasteiger partial charge in [-0.05, 0) is 100 Å². The van der Waals surface area contributed by atoms with Crippen LogP contribution in [0.25, 0.3) is 49.7 Å². The summed E-state index contributed by atoms with van der Waals surface area (Å²) in [6.45, 7) is 8.96. The fourth-order valence-electron chi connectivity index (χ4n) is 7.65. The lowest BCUT2D eigenvalue weighted by molar-refractivity contribution is 0.661. The van der Waals surface area contributed by atoms with Crippen LogP contribution in [-0.2, 0) is 5.41 Å². The molecular formula is C48H42N2. The molecular weight excluding hydrogens is 605 g/mol. The first-order chi connectivity index (χ1) is 24.5. The van der Waals surface area contributed by atoms with Crippen molar-refractivity contribution in [2.75, 3.05) is 4.90 Å². The van der Waals surface area contributed by atoms with E-state index in [1.165, 1.54) is 67.3 Å². The van der Waals surface area contributed by atoms with Crippen molar-refractivity contribution in [2.24, 2.45) is 0 Å². The fraction of sp³-hybridized carbons (Fsp3) is 0.125. The molecule has 1 heterocycles. The zero-order chi connectivity index (χ0) is 34.2. The van der Waals surface area contributed by atoms with Crippen molar-refractivity contribution in [3.8, 4) is 27.9 Å². The number of benzene rings is 7. The average Bonchev–Trinajstić information content (AvgIpc) is 3.60. The molecule has 0 N–H and O–H groups in total. The van der Waals surface area contributed by atoms with Gasteiger partial charge in [0.2, 0.25) is 0 Å². The zero-order valence-electron chi connectivity index (χ0n) is 29.3. The lowest BCUT2D eigenvalue weighted by Gasteiger charge is -2.25. The predicted octanol–water partition coefficient (Wildman–Crippen LogP) is 13.6. The number of aromatic nitrogens is 1. The highest BCUT2D eigenvalue weighted by Crippen LogP contribution is 2.51. The van der Waals surface area contributed by atoms with E-state index >= 15 is 0 Å². The van der Waals surface area contributed by atoms with Crippen molar-refractivity contribution in [3.05, 3.63) is 181 Å². The van der Waals surface area contributed by atoms with Gasteiger partial charge >= 0.3 is 0 Å². The molecule has 2 heteroatoms. The molecule has 7 aromatic carbocycles. The number of fused-ring (bicyclic) bond motifs is 6. The van der Waals surface area contributed by atoms with Gasteiger partial charge in [0.15, 0.2) is 0 Å². The van der Waals surface area contributed by atoms with Crippen LogP contribution in [0.3, 0.4) is 0 Å². The van der Waals surface area contributed by atoms with Crippen LogP contribution in [-0.4, -0.2) is 4.57 Å². The number of nitrogens with zero attached hydrogens (tertiary/aromatic N) is 2. The van der Waals surface area contributed by atoms with E-state index in [0.29, 0.717) is 0 Å². The average molecular weight is 647 g/mol. The molecule has 1 aliphatic carbocycles. The van der Waals surface area contributed by atoms with Crippen molar-refractivity contribution >= 4 is 38.9 Å². The summed E-state index contributed by atoms with van der Waals surface area (Å²) in [4.78, 5) is 2.30. The summed E-state index contributed by atoms with van der Waals surface area (Å²) in [6, 6.07) is 61.6. The number of hydrogen-bond acceptors (Lipinski definition) is 1. The Morgan fingerprint density at radius 1 is 0.460 bits per heavy atom. The molecule has 0 saturated heterocycles. The second-order valence-electron chi connectivity index (χ2n) is 13.7. The topological polar surface area (TPSA) is 8.17 Å². The van der Waals surface area contributed by atoms with Crippen molar-refractivity contribution < 1.29 is 0 Å². The van der Waals surface area contributed by atoms with E-state index in [1.807, 2.05) is 0 Å². The maximum Gasteiger partial charge on any atom is 0.0544 e. The second kappa shape index (κ2) is 12.9. The summed E-state index contributed by atoms with van der Waals surface area (Å²) in [5.74, 6) is 0. The third kappa shape index (κ3) is 5.29. The van der Waals surface area contributed by atoms with Gasteiger partial charge in [-0.25, -0.2) is 0 Å². The summed E-state index contributed by atoms with van der Waals surface area (Å²) >= 11 is 0. The van der Waals surface area contributed by atoms with E-state index in [0.717, 1.165) is 17.1 Å². The van der Waals surface area contributed by atoms with Gasteiger partial charge in [-0.1, -0.05) is 137 Å². The van der Waals surface area contributed by atoms with E-state index in [4.69, 9.17) is 0 Å². The first kappa shape index (κ1) is 31.4. The first-order valence-corrected chi connectivity index (χ1v) is 17.8. The third-order valence-corrected chi connectivity index (χ3v) is 9.99. The lowest BCUT2D eigenvalue weighted by atomic mass is 9.82. The Morgan fingerprint density at radius 3 is 1.62 bits per heavy atom. The molecule has 0 atom stereocenters. The second-order valence-corrected chi connectivity index (χ2v) is 13.7. The van der Waals surface area contributed by atoms with Crippen LogP contribution in [0.5, 0.6) is 0 Å². The quantitative estimate of drug-likeness (QED) is 0.181. The number of para-hydroxylation sites is 3. The highest BCUT2D eigenvalue weighted by Gasteiger charge is 2.36. The Balaban J connectivity index is 0.00000116. The SMILES string of the molecule is CC1(C)c2ccccc2-c2cc3c4ccccc4n(-c4ccc(-c5ccc(N(c6ccccc6)c6ccccc6)cc5)cc4)c3cc21.CCC. The van der Waals surface area contributed by atoms with E-state index in [2.05, 4.69) is 207 Å². The van der Waals surface area contributed by atoms with Crippen molar-refractivity contribution in [3.63, 3.8) is 0 Å². The van der Waals surface area contributed by atoms with Gasteiger partial charge in [-0.2, -0.15) is 0 Å². The first-order valence-electron chi connectivity index (χ1n) is 17.8. The molecule has 1 aliphatic rings. The van der Waals surface area contributed by atoms with Crippen LogP contribution in [0, 0.1) is 0 Å². The van der Waals surface area contributed by atoms with Gasteiger partial charge in [0.1, 0.15) is 0 Å². The summed E-state index contributed by atoms with van der Waals surface area (Å²) in [6.07, 6.45) is 1.25. The molecule has 1 aromatic heterocycles. The molecule has 0 fully saturated rings. The van der Waals surface area contributed by atoms with Crippen molar-refractivity contribution in [2.45, 2.75) is 39.5 Å². The summed E-state index contributed by atoms with van der Waals surface area (Å²) in [5.41, 5.74) is 14.9.